The van der Waals surface area contributed by atoms with Crippen LogP contribution < -0.4 is 24.3 Å². The molecule has 33 heavy (non-hydrogen) atoms. The molecule has 0 fully saturated rings. The smallest absolute Gasteiger partial charge is 0.234 e. The Bertz CT molecular complexity index is 962. The second-order valence-corrected chi connectivity index (χ2v) is 8.41. The van der Waals surface area contributed by atoms with E-state index in [4.69, 9.17) is 18.9 Å². The number of benzene rings is 2. The minimum absolute atomic E-state index is 0.00865. The second-order valence-electron chi connectivity index (χ2n) is 8.41. The number of nitrogens with one attached hydrogen (secondary N) is 1. The third-order valence-electron chi connectivity index (χ3n) is 6.36. The summed E-state index contributed by atoms with van der Waals surface area (Å²) in [7, 11) is 6.57. The SMILES string of the molecule is CCC(C)NC(=O)CN1CCc2cc(OC)c(OC)cc2C1Cc1ccc(OC)c(OC)c1. The third-order valence-corrected chi connectivity index (χ3v) is 6.36. The number of rotatable bonds is 10. The molecule has 180 valence electrons. The van der Waals surface area contributed by atoms with Crippen molar-refractivity contribution in [2.24, 2.45) is 0 Å². The summed E-state index contributed by atoms with van der Waals surface area (Å²) in [6.07, 6.45) is 2.47. The van der Waals surface area contributed by atoms with E-state index in [1.807, 2.05) is 25.1 Å². The number of ether oxygens (including phenoxy) is 4. The van der Waals surface area contributed by atoms with Gasteiger partial charge in [-0.15, -0.1) is 0 Å². The van der Waals surface area contributed by atoms with Crippen molar-refractivity contribution in [3.63, 3.8) is 0 Å². The fourth-order valence-electron chi connectivity index (χ4n) is 4.35. The highest BCUT2D eigenvalue weighted by atomic mass is 16.5. The Kier molecular flexibility index (Phi) is 8.44. The lowest BCUT2D eigenvalue weighted by Crippen LogP contribution is -2.45. The number of nitrogens with zero attached hydrogens (tertiary/aromatic N) is 1. The highest BCUT2D eigenvalue weighted by Crippen LogP contribution is 2.40. The van der Waals surface area contributed by atoms with Crippen LogP contribution in [0.2, 0.25) is 0 Å². The van der Waals surface area contributed by atoms with E-state index >= 15 is 0 Å². The van der Waals surface area contributed by atoms with Crippen molar-refractivity contribution in [1.29, 1.82) is 0 Å². The molecule has 0 radical (unpaired) electrons. The van der Waals surface area contributed by atoms with Crippen LogP contribution in [0.5, 0.6) is 23.0 Å². The molecule has 3 rings (SSSR count). The molecule has 0 saturated heterocycles. The Morgan fingerprint density at radius 1 is 1.00 bits per heavy atom. The van der Waals surface area contributed by atoms with Gasteiger partial charge >= 0.3 is 0 Å². The first kappa shape index (κ1) is 24.7. The van der Waals surface area contributed by atoms with E-state index in [2.05, 4.69) is 29.3 Å². The van der Waals surface area contributed by atoms with Gasteiger partial charge in [0.25, 0.3) is 0 Å². The molecule has 1 heterocycles. The summed E-state index contributed by atoms with van der Waals surface area (Å²) in [6.45, 7) is 5.23. The van der Waals surface area contributed by atoms with Crippen LogP contribution in [0.1, 0.15) is 43.0 Å². The third kappa shape index (κ3) is 5.71. The zero-order valence-electron chi connectivity index (χ0n) is 20.6. The number of methoxy groups -OCH3 is 4. The Morgan fingerprint density at radius 2 is 1.64 bits per heavy atom. The Balaban J connectivity index is 1.97. The Hall–Kier alpha value is -2.93. The van der Waals surface area contributed by atoms with Gasteiger partial charge in [-0.1, -0.05) is 13.0 Å². The molecule has 0 aliphatic carbocycles. The molecule has 2 unspecified atom stereocenters. The molecular weight excluding hydrogens is 420 g/mol. The predicted octanol–water partition coefficient (Wildman–Crippen LogP) is 3.78. The van der Waals surface area contributed by atoms with Gasteiger partial charge in [-0.25, -0.2) is 0 Å². The highest BCUT2D eigenvalue weighted by Gasteiger charge is 2.31. The molecule has 1 N–H and O–H groups in total. The van der Waals surface area contributed by atoms with Crippen molar-refractivity contribution >= 4 is 5.91 Å². The van der Waals surface area contributed by atoms with Crippen molar-refractivity contribution < 1.29 is 23.7 Å². The molecule has 1 aliphatic heterocycles. The number of carbonyl (C=O) groups is 1. The van der Waals surface area contributed by atoms with Gasteiger partial charge in [0, 0.05) is 18.6 Å². The molecule has 0 spiro atoms. The predicted molar refractivity (Wildman–Crippen MR) is 129 cm³/mol. The molecule has 1 amide bonds. The van der Waals surface area contributed by atoms with Gasteiger partial charge in [-0.3, -0.25) is 9.69 Å². The molecule has 0 aromatic heterocycles. The maximum Gasteiger partial charge on any atom is 0.234 e. The Morgan fingerprint density at radius 3 is 2.27 bits per heavy atom. The molecule has 2 atom stereocenters. The van der Waals surface area contributed by atoms with Crippen molar-refractivity contribution in [1.82, 2.24) is 10.2 Å². The number of hydrogen-bond acceptors (Lipinski definition) is 6. The monoisotopic (exact) mass is 456 g/mol. The summed E-state index contributed by atoms with van der Waals surface area (Å²) < 4.78 is 22.0. The average Bonchev–Trinajstić information content (AvgIpc) is 2.84. The zero-order chi connectivity index (χ0) is 24.0. The highest BCUT2D eigenvalue weighted by molar-refractivity contribution is 5.78. The van der Waals surface area contributed by atoms with Crippen LogP contribution >= 0.6 is 0 Å². The quantitative estimate of drug-likeness (QED) is 0.587. The lowest BCUT2D eigenvalue weighted by molar-refractivity contribution is -0.123. The average molecular weight is 457 g/mol. The van der Waals surface area contributed by atoms with Crippen molar-refractivity contribution in [3.05, 3.63) is 47.0 Å². The lowest BCUT2D eigenvalue weighted by Gasteiger charge is -2.37. The molecule has 1 aliphatic rings. The Labute approximate surface area is 197 Å². The maximum absolute atomic E-state index is 12.8. The minimum atomic E-state index is 0.00865. The van der Waals surface area contributed by atoms with Gasteiger partial charge in [0.05, 0.1) is 35.0 Å². The van der Waals surface area contributed by atoms with E-state index in [0.29, 0.717) is 23.8 Å². The van der Waals surface area contributed by atoms with Gasteiger partial charge in [-0.2, -0.15) is 0 Å². The maximum atomic E-state index is 12.8. The van der Waals surface area contributed by atoms with Gasteiger partial charge in [0.2, 0.25) is 5.91 Å². The summed E-state index contributed by atoms with van der Waals surface area (Å²) in [6, 6.07) is 10.3. The fourth-order valence-corrected chi connectivity index (χ4v) is 4.35. The molecule has 2 aromatic rings. The molecular formula is C26H36N2O5. The largest absolute Gasteiger partial charge is 0.493 e. The number of fused-ring (bicyclic) bond motifs is 1. The zero-order valence-corrected chi connectivity index (χ0v) is 20.6. The lowest BCUT2D eigenvalue weighted by atomic mass is 9.88. The minimum Gasteiger partial charge on any atom is -0.493 e. The van der Waals surface area contributed by atoms with Gasteiger partial charge in [0.1, 0.15) is 0 Å². The van der Waals surface area contributed by atoms with E-state index in [-0.39, 0.29) is 18.0 Å². The van der Waals surface area contributed by atoms with E-state index in [9.17, 15) is 4.79 Å². The first-order valence-corrected chi connectivity index (χ1v) is 11.4. The molecule has 0 bridgehead atoms. The summed E-state index contributed by atoms with van der Waals surface area (Å²) in [4.78, 5) is 15.0. The first-order valence-electron chi connectivity index (χ1n) is 11.4. The van der Waals surface area contributed by atoms with Gasteiger partial charge in [-0.05, 0) is 67.1 Å². The molecule has 7 nitrogen and oxygen atoms in total. The van der Waals surface area contributed by atoms with Crippen molar-refractivity contribution in [2.75, 3.05) is 41.5 Å². The number of carbonyl (C=O) groups excluding carboxylic acids is 1. The summed E-state index contributed by atoms with van der Waals surface area (Å²) >= 11 is 0. The van der Waals surface area contributed by atoms with Crippen LogP contribution in [0.3, 0.4) is 0 Å². The van der Waals surface area contributed by atoms with Crippen LogP contribution in [-0.4, -0.2) is 58.4 Å². The number of hydrogen-bond donors (Lipinski definition) is 1. The van der Waals surface area contributed by atoms with Crippen LogP contribution in [0.25, 0.3) is 0 Å². The number of amides is 1. The molecule has 0 saturated carbocycles. The van der Waals surface area contributed by atoms with E-state index < -0.39 is 0 Å². The first-order chi connectivity index (χ1) is 15.9. The topological polar surface area (TPSA) is 69.3 Å². The van der Waals surface area contributed by atoms with Crippen LogP contribution in [0.15, 0.2) is 30.3 Å². The fraction of sp³-hybridized carbons (Fsp3) is 0.500. The van der Waals surface area contributed by atoms with Crippen molar-refractivity contribution in [2.45, 2.75) is 45.2 Å². The summed E-state index contributed by atoms with van der Waals surface area (Å²) in [5, 5.41) is 3.10. The van der Waals surface area contributed by atoms with E-state index in [1.54, 1.807) is 28.4 Å². The second kappa shape index (κ2) is 11.3. The van der Waals surface area contributed by atoms with Gasteiger partial charge in [0.15, 0.2) is 23.0 Å². The summed E-state index contributed by atoms with van der Waals surface area (Å²) in [5.41, 5.74) is 3.48. The molecule has 2 aromatic carbocycles. The standard InChI is InChI=1S/C26H36N2O5/c1-7-17(2)27-26(29)16-28-11-10-19-14-24(32-5)25(33-6)15-20(19)21(28)12-18-8-9-22(30-3)23(13-18)31-4/h8-9,13-15,17,21H,7,10-12,16H2,1-6H3,(H,27,29). The van der Waals surface area contributed by atoms with Gasteiger partial charge < -0.3 is 24.3 Å². The molecule has 7 heteroatoms. The van der Waals surface area contributed by atoms with Crippen molar-refractivity contribution in [3.8, 4) is 23.0 Å². The van der Waals surface area contributed by atoms with E-state index in [1.165, 1.54) is 5.56 Å². The van der Waals surface area contributed by atoms with Crippen LogP contribution in [0, 0.1) is 0 Å². The van der Waals surface area contributed by atoms with E-state index in [0.717, 1.165) is 42.7 Å². The van der Waals surface area contributed by atoms with Crippen LogP contribution in [-0.2, 0) is 17.6 Å². The summed E-state index contributed by atoms with van der Waals surface area (Å²) in [5.74, 6) is 2.86. The normalized spacial score (nSPS) is 16.5. The van der Waals surface area contributed by atoms with Crippen LogP contribution in [0.4, 0.5) is 0 Å².